The van der Waals surface area contributed by atoms with Crippen LogP contribution >= 0.6 is 0 Å². The third-order valence-electron chi connectivity index (χ3n) is 5.91. The first-order valence-corrected chi connectivity index (χ1v) is 12.0. The van der Waals surface area contributed by atoms with Gasteiger partial charge in [-0.1, -0.05) is 26.0 Å². The Morgan fingerprint density at radius 3 is 2.18 bits per heavy atom. The molecular formula is C29H26F3NO6. The average Bonchev–Trinajstić information content (AvgIpc) is 3.17. The Balaban J connectivity index is 1.79. The number of rotatable bonds is 8. The van der Waals surface area contributed by atoms with E-state index in [-0.39, 0.29) is 16.8 Å². The monoisotopic (exact) mass is 541 g/mol. The summed E-state index contributed by atoms with van der Waals surface area (Å²) in [5.74, 6) is -1.46. The predicted molar refractivity (Wildman–Crippen MR) is 138 cm³/mol. The van der Waals surface area contributed by atoms with E-state index in [1.54, 1.807) is 48.5 Å². The van der Waals surface area contributed by atoms with E-state index in [2.05, 4.69) is 4.74 Å². The van der Waals surface area contributed by atoms with Crippen LogP contribution in [0.3, 0.4) is 0 Å². The minimum Gasteiger partial charge on any atom is -0.507 e. The van der Waals surface area contributed by atoms with Gasteiger partial charge in [-0.3, -0.25) is 14.5 Å². The Kier molecular flexibility index (Phi) is 7.85. The molecule has 1 atom stereocenters. The minimum absolute atomic E-state index is 0.135. The average molecular weight is 542 g/mol. The Bertz CT molecular complexity index is 1380. The molecule has 0 aliphatic carbocycles. The third kappa shape index (κ3) is 6.17. The molecule has 1 saturated heterocycles. The van der Waals surface area contributed by atoms with Crippen molar-refractivity contribution in [1.82, 2.24) is 0 Å². The lowest BCUT2D eigenvalue weighted by Crippen LogP contribution is -2.29. The Morgan fingerprint density at radius 1 is 0.949 bits per heavy atom. The second-order valence-electron chi connectivity index (χ2n) is 9.22. The minimum atomic E-state index is -4.89. The summed E-state index contributed by atoms with van der Waals surface area (Å²) in [6, 6.07) is 16.5. The van der Waals surface area contributed by atoms with Crippen LogP contribution in [0.15, 0.2) is 78.4 Å². The Morgan fingerprint density at radius 2 is 1.59 bits per heavy atom. The van der Waals surface area contributed by atoms with Crippen LogP contribution in [0.5, 0.6) is 17.2 Å². The lowest BCUT2D eigenvalue weighted by atomic mass is 9.95. The summed E-state index contributed by atoms with van der Waals surface area (Å²) in [4.78, 5) is 27.7. The fourth-order valence-corrected chi connectivity index (χ4v) is 4.16. The van der Waals surface area contributed by atoms with Crippen LogP contribution in [0, 0.1) is 5.92 Å². The highest BCUT2D eigenvalue weighted by Gasteiger charge is 2.47. The topological polar surface area (TPSA) is 85.3 Å². The van der Waals surface area contributed by atoms with Crippen molar-refractivity contribution in [3.05, 3.63) is 89.5 Å². The van der Waals surface area contributed by atoms with E-state index in [9.17, 15) is 27.9 Å². The SMILES string of the molecule is COc1cccc(C2/C(=C(/O)c3ccc(OCC(C)C)cc3)C(=O)C(=O)N2c2ccc(OC(F)(F)F)cc2)c1. The zero-order valence-corrected chi connectivity index (χ0v) is 21.4. The number of alkyl halides is 3. The summed E-state index contributed by atoms with van der Waals surface area (Å²) in [5.41, 5.74) is 0.685. The molecule has 1 fully saturated rings. The molecule has 1 heterocycles. The molecule has 3 aromatic carbocycles. The lowest BCUT2D eigenvalue weighted by Gasteiger charge is -2.26. The molecule has 0 aromatic heterocycles. The molecule has 1 N–H and O–H groups in total. The van der Waals surface area contributed by atoms with Crippen LogP contribution in [-0.4, -0.2) is 36.9 Å². The number of hydrogen-bond donors (Lipinski definition) is 1. The van der Waals surface area contributed by atoms with Gasteiger partial charge in [0.1, 0.15) is 23.0 Å². The van der Waals surface area contributed by atoms with E-state index in [0.29, 0.717) is 29.6 Å². The fraction of sp³-hybridized carbons (Fsp3) is 0.241. The Hall–Kier alpha value is -4.47. The number of aliphatic hydroxyl groups excluding tert-OH is 1. The predicted octanol–water partition coefficient (Wildman–Crippen LogP) is 6.25. The first kappa shape index (κ1) is 27.6. The Labute approximate surface area is 223 Å². The van der Waals surface area contributed by atoms with Crippen molar-refractivity contribution in [2.45, 2.75) is 26.3 Å². The lowest BCUT2D eigenvalue weighted by molar-refractivity contribution is -0.274. The number of hydrogen-bond acceptors (Lipinski definition) is 6. The van der Waals surface area contributed by atoms with Crippen molar-refractivity contribution in [3.8, 4) is 17.2 Å². The number of aliphatic hydroxyl groups is 1. The number of Topliss-reactive ketones (excluding diaryl/α,β-unsaturated/α-hetero) is 1. The zero-order valence-electron chi connectivity index (χ0n) is 21.4. The van der Waals surface area contributed by atoms with Gasteiger partial charge in [-0.25, -0.2) is 0 Å². The number of halogens is 3. The molecule has 39 heavy (non-hydrogen) atoms. The molecule has 0 radical (unpaired) electrons. The number of methoxy groups -OCH3 is 1. The van der Waals surface area contributed by atoms with Crippen molar-refractivity contribution in [3.63, 3.8) is 0 Å². The number of carbonyl (C=O) groups excluding carboxylic acids is 2. The van der Waals surface area contributed by atoms with Gasteiger partial charge in [-0.15, -0.1) is 13.2 Å². The summed E-state index contributed by atoms with van der Waals surface area (Å²) >= 11 is 0. The normalized spacial score (nSPS) is 17.0. The molecule has 3 aromatic rings. The standard InChI is InChI=1S/C29H26F3NO6/c1-17(2)16-38-21-11-7-18(8-12-21)26(34)24-25(19-5-4-6-23(15-19)37-3)33(28(36)27(24)35)20-9-13-22(14-10-20)39-29(30,31)32/h4-15,17,25,34H,16H2,1-3H3/b26-24-. The van der Waals surface area contributed by atoms with Crippen molar-refractivity contribution in [1.29, 1.82) is 0 Å². The maximum Gasteiger partial charge on any atom is 0.573 e. The first-order valence-electron chi connectivity index (χ1n) is 12.0. The summed E-state index contributed by atoms with van der Waals surface area (Å²) in [5, 5.41) is 11.3. The molecule has 204 valence electrons. The summed E-state index contributed by atoms with van der Waals surface area (Å²) < 4.78 is 52.8. The fourth-order valence-electron chi connectivity index (χ4n) is 4.16. The smallest absolute Gasteiger partial charge is 0.507 e. The van der Waals surface area contributed by atoms with Crippen LogP contribution < -0.4 is 19.1 Å². The number of anilines is 1. The number of ketones is 1. The molecule has 0 spiro atoms. The van der Waals surface area contributed by atoms with E-state index in [0.717, 1.165) is 17.0 Å². The van der Waals surface area contributed by atoms with Gasteiger partial charge in [0, 0.05) is 11.3 Å². The largest absolute Gasteiger partial charge is 0.573 e. The van der Waals surface area contributed by atoms with Crippen LogP contribution in [0.4, 0.5) is 18.9 Å². The van der Waals surface area contributed by atoms with Gasteiger partial charge < -0.3 is 19.3 Å². The van der Waals surface area contributed by atoms with Crippen LogP contribution in [-0.2, 0) is 9.59 Å². The van der Waals surface area contributed by atoms with Gasteiger partial charge >= 0.3 is 6.36 Å². The molecule has 1 amide bonds. The maximum atomic E-state index is 13.3. The van der Waals surface area contributed by atoms with Crippen molar-refractivity contribution in [2.75, 3.05) is 18.6 Å². The van der Waals surface area contributed by atoms with Crippen LogP contribution in [0.2, 0.25) is 0 Å². The summed E-state index contributed by atoms with van der Waals surface area (Å²) in [6.45, 7) is 4.52. The molecule has 4 rings (SSSR count). The van der Waals surface area contributed by atoms with E-state index in [1.807, 2.05) is 13.8 Å². The van der Waals surface area contributed by atoms with Gasteiger partial charge in [0.2, 0.25) is 0 Å². The van der Waals surface area contributed by atoms with Crippen molar-refractivity contribution < 1.29 is 42.1 Å². The van der Waals surface area contributed by atoms with Crippen molar-refractivity contribution in [2.24, 2.45) is 5.92 Å². The molecule has 0 saturated carbocycles. The zero-order chi connectivity index (χ0) is 28.3. The summed E-state index contributed by atoms with van der Waals surface area (Å²) in [7, 11) is 1.46. The number of nitrogens with zero attached hydrogens (tertiary/aromatic N) is 1. The second-order valence-corrected chi connectivity index (χ2v) is 9.22. The number of carbonyl (C=O) groups is 2. The third-order valence-corrected chi connectivity index (χ3v) is 5.91. The van der Waals surface area contributed by atoms with Crippen molar-refractivity contribution >= 4 is 23.1 Å². The van der Waals surface area contributed by atoms with Gasteiger partial charge in [-0.2, -0.15) is 0 Å². The van der Waals surface area contributed by atoms with E-state index >= 15 is 0 Å². The molecule has 7 nitrogen and oxygen atoms in total. The molecule has 1 unspecified atom stereocenters. The maximum absolute atomic E-state index is 13.3. The molecule has 0 bridgehead atoms. The second kappa shape index (κ2) is 11.1. The summed E-state index contributed by atoms with van der Waals surface area (Å²) in [6.07, 6.45) is -4.89. The van der Waals surface area contributed by atoms with E-state index in [4.69, 9.17) is 9.47 Å². The molecule has 10 heteroatoms. The molecular weight excluding hydrogens is 515 g/mol. The highest BCUT2D eigenvalue weighted by atomic mass is 19.4. The number of ether oxygens (including phenoxy) is 3. The molecule has 1 aliphatic heterocycles. The van der Waals surface area contributed by atoms with Gasteiger partial charge in [0.15, 0.2) is 0 Å². The number of amides is 1. The van der Waals surface area contributed by atoms with Crippen LogP contribution in [0.25, 0.3) is 5.76 Å². The van der Waals surface area contributed by atoms with Gasteiger partial charge in [0.05, 0.1) is 25.3 Å². The van der Waals surface area contributed by atoms with E-state index in [1.165, 1.54) is 19.2 Å². The highest BCUT2D eigenvalue weighted by Crippen LogP contribution is 2.43. The number of benzene rings is 3. The van der Waals surface area contributed by atoms with Gasteiger partial charge in [0.25, 0.3) is 11.7 Å². The highest BCUT2D eigenvalue weighted by molar-refractivity contribution is 6.51. The quantitative estimate of drug-likeness (QED) is 0.206. The van der Waals surface area contributed by atoms with Gasteiger partial charge in [-0.05, 0) is 72.1 Å². The molecule has 1 aliphatic rings. The van der Waals surface area contributed by atoms with Crippen LogP contribution in [0.1, 0.15) is 31.0 Å². The van der Waals surface area contributed by atoms with E-state index < -0.39 is 35.6 Å². The first-order chi connectivity index (χ1) is 18.5.